The molecule has 0 aliphatic rings. The van der Waals surface area contributed by atoms with Crippen LogP contribution in [0, 0.1) is 0 Å². The Bertz CT molecular complexity index is 228. The van der Waals surface area contributed by atoms with Crippen molar-refractivity contribution in [1.29, 1.82) is 0 Å². The van der Waals surface area contributed by atoms with Crippen molar-refractivity contribution in [1.82, 2.24) is 0 Å². The van der Waals surface area contributed by atoms with E-state index in [0.717, 1.165) is 5.69 Å². The summed E-state index contributed by atoms with van der Waals surface area (Å²) < 4.78 is 0. The van der Waals surface area contributed by atoms with Crippen molar-refractivity contribution in [2.75, 3.05) is 5.73 Å². The maximum Gasteiger partial charge on any atom is 0 e. The van der Waals surface area contributed by atoms with Gasteiger partial charge in [0.1, 0.15) is 0 Å². The van der Waals surface area contributed by atoms with E-state index in [0.29, 0.717) is 0 Å². The Balaban J connectivity index is 0.000000189. The predicted octanol–water partition coefficient (Wildman–Crippen LogP) is 2.39. The van der Waals surface area contributed by atoms with Crippen molar-refractivity contribution in [3.63, 3.8) is 0 Å². The molecule has 2 N–H and O–H groups in total. The first-order valence-electron chi connectivity index (χ1n) is 3.53. The Morgan fingerprint density at radius 1 is 0.833 bits per heavy atom. The summed E-state index contributed by atoms with van der Waals surface area (Å²) in [5.41, 5.74) is 6.12. The summed E-state index contributed by atoms with van der Waals surface area (Å²) in [4.78, 5) is 0. The summed E-state index contributed by atoms with van der Waals surface area (Å²) in [7, 11) is 0. The molecule has 1 nitrogen and oxygen atoms in total. The second-order valence-electron chi connectivity index (χ2n) is 2.18. The normalized spacial score (nSPS) is 7.67. The zero-order chi connectivity index (χ0) is 7.94. The zero-order valence-corrected chi connectivity index (χ0v) is 7.65. The molecular weight excluding hydrogens is 193 g/mol. The van der Waals surface area contributed by atoms with Gasteiger partial charge in [0.15, 0.2) is 0 Å². The quantitative estimate of drug-likeness (QED) is 0.655. The minimum atomic E-state index is 0. The molecule has 0 aliphatic heterocycles. The van der Waals surface area contributed by atoms with Gasteiger partial charge < -0.3 is 36.1 Å². The molecule has 0 unspecified atom stereocenters. The average molecular weight is 204 g/mol. The van der Waals surface area contributed by atoms with Gasteiger partial charge in [-0.05, 0) is 0 Å². The Kier molecular flexibility index (Phi) is 6.15. The standard InChI is InChI=1S/C5H6N.C5H5.Co/c6-5-3-1-2-4-5;1-2-4-5-3-1;/h1-4H,6H2;1-5H;/q-1;-5;. The van der Waals surface area contributed by atoms with E-state index < -0.39 is 0 Å². The molecule has 71 valence electrons. The molecule has 2 aromatic carbocycles. The average Bonchev–Trinajstić information content (AvgIpc) is 2.57. The Morgan fingerprint density at radius 3 is 1.33 bits per heavy atom. The topological polar surface area (TPSA) is 26.0 Å². The number of nitrogen functional groups attached to an aromatic ring is 1. The molecule has 2 aromatic rings. The summed E-state index contributed by atoms with van der Waals surface area (Å²) in [6.45, 7) is 0. The Morgan fingerprint density at radius 2 is 1.17 bits per heavy atom. The van der Waals surface area contributed by atoms with E-state index in [1.54, 1.807) is 0 Å². The van der Waals surface area contributed by atoms with Crippen molar-refractivity contribution in [2.45, 2.75) is 0 Å². The van der Waals surface area contributed by atoms with E-state index in [2.05, 4.69) is 0 Å². The van der Waals surface area contributed by atoms with Gasteiger partial charge in [-0.15, -0.1) is 0 Å². The monoisotopic (exact) mass is 204 g/mol. The molecule has 1 radical (unpaired) electrons. The molecule has 0 spiro atoms. The number of rotatable bonds is 0. The van der Waals surface area contributed by atoms with Gasteiger partial charge in [0, 0.05) is 16.8 Å². The van der Waals surface area contributed by atoms with E-state index in [4.69, 9.17) is 5.73 Å². The van der Waals surface area contributed by atoms with Crippen LogP contribution in [0.2, 0.25) is 0 Å². The third-order valence-corrected chi connectivity index (χ3v) is 1.24. The summed E-state index contributed by atoms with van der Waals surface area (Å²) in [6, 6.07) is 17.5. The van der Waals surface area contributed by atoms with Gasteiger partial charge >= 0.3 is 0 Å². The van der Waals surface area contributed by atoms with Crippen molar-refractivity contribution < 1.29 is 16.8 Å². The van der Waals surface area contributed by atoms with E-state index in [1.165, 1.54) is 0 Å². The number of anilines is 1. The van der Waals surface area contributed by atoms with Gasteiger partial charge in [-0.3, -0.25) is 0 Å². The van der Waals surface area contributed by atoms with Gasteiger partial charge in [0.25, 0.3) is 0 Å². The first-order chi connectivity index (χ1) is 5.39. The van der Waals surface area contributed by atoms with Gasteiger partial charge in [-0.25, -0.2) is 12.1 Å². The van der Waals surface area contributed by atoms with E-state index >= 15 is 0 Å². The van der Waals surface area contributed by atoms with Gasteiger partial charge in [0.2, 0.25) is 0 Å². The van der Waals surface area contributed by atoms with Crippen LogP contribution in [0.25, 0.3) is 0 Å². The van der Waals surface area contributed by atoms with Crippen LogP contribution in [-0.2, 0) is 16.8 Å². The molecule has 0 aliphatic carbocycles. The molecule has 0 aromatic heterocycles. The van der Waals surface area contributed by atoms with Crippen LogP contribution in [0.1, 0.15) is 0 Å². The molecule has 2 rings (SSSR count). The van der Waals surface area contributed by atoms with Gasteiger partial charge in [-0.2, -0.15) is 12.1 Å². The van der Waals surface area contributed by atoms with Crippen molar-refractivity contribution in [2.24, 2.45) is 0 Å². The van der Waals surface area contributed by atoms with Gasteiger partial charge in [-0.1, -0.05) is 5.69 Å². The van der Waals surface area contributed by atoms with E-state index in [9.17, 15) is 0 Å². The second-order valence-corrected chi connectivity index (χ2v) is 2.18. The Hall–Kier alpha value is -0.994. The summed E-state index contributed by atoms with van der Waals surface area (Å²) >= 11 is 0. The smallest absolute Gasteiger partial charge is 0 e. The molecule has 0 saturated carbocycles. The number of nitrogens with two attached hydrogens (primary N) is 1. The fraction of sp³-hybridized carbons (Fsp3) is 0. The molecule has 0 heterocycles. The molecule has 12 heavy (non-hydrogen) atoms. The van der Waals surface area contributed by atoms with Crippen molar-refractivity contribution >= 4 is 5.69 Å². The predicted molar refractivity (Wildman–Crippen MR) is 48.5 cm³/mol. The molecule has 0 bridgehead atoms. The Labute approximate surface area is 83.1 Å². The number of hydrogen-bond donors (Lipinski definition) is 1. The van der Waals surface area contributed by atoms with Crippen LogP contribution >= 0.6 is 0 Å². The summed E-state index contributed by atoms with van der Waals surface area (Å²) in [5, 5.41) is 0. The maximum absolute atomic E-state index is 5.28. The number of hydrogen-bond acceptors (Lipinski definition) is 1. The first kappa shape index (κ1) is 11.0. The third-order valence-electron chi connectivity index (χ3n) is 1.24. The van der Waals surface area contributed by atoms with Gasteiger partial charge in [0.05, 0.1) is 0 Å². The van der Waals surface area contributed by atoms with Crippen LogP contribution in [0.4, 0.5) is 5.69 Å². The van der Waals surface area contributed by atoms with Crippen molar-refractivity contribution in [3.05, 3.63) is 54.6 Å². The maximum atomic E-state index is 5.28. The summed E-state index contributed by atoms with van der Waals surface area (Å²) in [5.74, 6) is 0. The van der Waals surface area contributed by atoms with Crippen molar-refractivity contribution in [3.8, 4) is 0 Å². The molecule has 0 fully saturated rings. The molecule has 2 heteroatoms. The minimum absolute atomic E-state index is 0. The van der Waals surface area contributed by atoms with Crippen LogP contribution < -0.4 is 5.73 Å². The molecule has 0 atom stereocenters. The van der Waals surface area contributed by atoms with Crippen LogP contribution in [0.3, 0.4) is 0 Å². The largest absolute Gasteiger partial charge is 0.748 e. The van der Waals surface area contributed by atoms with Crippen LogP contribution in [0.5, 0.6) is 0 Å². The fourth-order valence-electron chi connectivity index (χ4n) is 0.710. The van der Waals surface area contributed by atoms with E-state index in [-0.39, 0.29) is 16.8 Å². The SMILES string of the molecule is N[c-]1cccc1.[Co].[cH-]1[cH-][cH-][cH-][cH-]1. The summed E-state index contributed by atoms with van der Waals surface area (Å²) in [6.07, 6.45) is 0. The molecule has 0 saturated heterocycles. The fourth-order valence-corrected chi connectivity index (χ4v) is 0.710. The first-order valence-corrected chi connectivity index (χ1v) is 3.53. The minimum Gasteiger partial charge on any atom is -0.748 e. The molecular formula is C10H11CoN-6. The van der Waals surface area contributed by atoms with Crippen LogP contribution in [-0.4, -0.2) is 0 Å². The third kappa shape index (κ3) is 4.77. The van der Waals surface area contributed by atoms with Crippen LogP contribution in [0.15, 0.2) is 54.6 Å². The second kappa shape index (κ2) is 6.70. The zero-order valence-electron chi connectivity index (χ0n) is 6.61. The van der Waals surface area contributed by atoms with E-state index in [1.807, 2.05) is 54.6 Å². The molecule has 0 amide bonds.